The zero-order valence-electron chi connectivity index (χ0n) is 15.1. The van der Waals surface area contributed by atoms with Gasteiger partial charge < -0.3 is 14.4 Å². The summed E-state index contributed by atoms with van der Waals surface area (Å²) in [6, 6.07) is 8.89. The van der Waals surface area contributed by atoms with Crippen molar-refractivity contribution in [1.82, 2.24) is 4.90 Å². The van der Waals surface area contributed by atoms with Crippen LogP contribution in [0.25, 0.3) is 0 Å². The minimum Gasteiger partial charge on any atom is -0.612 e. The number of benzene rings is 1. The van der Waals surface area contributed by atoms with Crippen LogP contribution in [0.5, 0.6) is 0 Å². The molecule has 0 spiro atoms. The van der Waals surface area contributed by atoms with Crippen molar-refractivity contribution in [2.75, 3.05) is 5.75 Å². The second-order valence-corrected chi connectivity index (χ2v) is 8.84. The van der Waals surface area contributed by atoms with E-state index in [0.717, 1.165) is 5.56 Å². The molecule has 0 radical (unpaired) electrons. The quantitative estimate of drug-likeness (QED) is 0.463. The molecular weight excluding hydrogens is 354 g/mol. The maximum atomic E-state index is 12.7. The number of amides is 1. The van der Waals surface area contributed by atoms with Gasteiger partial charge in [0.1, 0.15) is 12.4 Å². The van der Waals surface area contributed by atoms with Crippen LogP contribution in [0.2, 0.25) is 0 Å². The minimum atomic E-state index is -1.36. The maximum absolute atomic E-state index is 12.7. The fraction of sp³-hybridized carbons (Fsp3) is 0.474. The van der Waals surface area contributed by atoms with Crippen LogP contribution in [0.3, 0.4) is 0 Å². The van der Waals surface area contributed by atoms with Gasteiger partial charge in [-0.3, -0.25) is 9.69 Å². The van der Waals surface area contributed by atoms with E-state index in [1.807, 2.05) is 30.3 Å². The highest BCUT2D eigenvalue weighted by molar-refractivity contribution is 7.95. The van der Waals surface area contributed by atoms with E-state index >= 15 is 0 Å². The van der Waals surface area contributed by atoms with Gasteiger partial charge in [-0.05, 0) is 37.5 Å². The van der Waals surface area contributed by atoms with Crippen molar-refractivity contribution in [3.05, 3.63) is 46.5 Å². The Balaban J connectivity index is 1.82. The van der Waals surface area contributed by atoms with Crippen molar-refractivity contribution >= 4 is 23.1 Å². The number of aliphatic hydroxyl groups is 1. The van der Waals surface area contributed by atoms with Crippen LogP contribution < -0.4 is 0 Å². The predicted octanol–water partition coefficient (Wildman–Crippen LogP) is 1.71. The van der Waals surface area contributed by atoms with E-state index in [9.17, 15) is 19.2 Å². The molecule has 1 N–H and O–H groups in total. The van der Waals surface area contributed by atoms with Crippen molar-refractivity contribution in [3.8, 4) is 0 Å². The van der Waals surface area contributed by atoms with Gasteiger partial charge in [0.25, 0.3) is 0 Å². The van der Waals surface area contributed by atoms with Crippen LogP contribution in [0.1, 0.15) is 32.8 Å². The summed E-state index contributed by atoms with van der Waals surface area (Å²) < 4.78 is 17.8. The number of fused-ring (bicyclic) bond motifs is 1. The molecule has 2 aliphatic heterocycles. The number of β-lactam (4-membered cyclic amide) rings is 1. The molecule has 26 heavy (non-hydrogen) atoms. The second-order valence-electron chi connectivity index (χ2n) is 7.08. The SMILES string of the molecule is CC[S+]([O-])C1=C(C(=O)OCc2ccccc2)N2C(=O)[C@@H](C(C)(C)O)[C@@H]2C1. The Morgan fingerprint density at radius 1 is 1.38 bits per heavy atom. The van der Waals surface area contributed by atoms with Gasteiger partial charge in [-0.25, -0.2) is 4.79 Å². The molecule has 1 fully saturated rings. The van der Waals surface area contributed by atoms with E-state index in [2.05, 4.69) is 0 Å². The van der Waals surface area contributed by atoms with Gasteiger partial charge in [-0.1, -0.05) is 30.3 Å². The number of carbonyl (C=O) groups is 2. The fourth-order valence-corrected chi connectivity index (χ4v) is 4.71. The molecule has 0 saturated carbocycles. The lowest BCUT2D eigenvalue weighted by molar-refractivity contribution is -0.170. The highest BCUT2D eigenvalue weighted by atomic mass is 32.2. The van der Waals surface area contributed by atoms with Crippen LogP contribution in [-0.4, -0.2) is 43.8 Å². The van der Waals surface area contributed by atoms with Crippen LogP contribution in [0, 0.1) is 5.92 Å². The van der Waals surface area contributed by atoms with Crippen LogP contribution in [0.15, 0.2) is 40.9 Å². The molecule has 2 aliphatic rings. The fourth-order valence-electron chi connectivity index (χ4n) is 3.60. The molecule has 1 saturated heterocycles. The van der Waals surface area contributed by atoms with Gasteiger partial charge in [0.15, 0.2) is 10.6 Å². The highest BCUT2D eigenvalue weighted by Crippen LogP contribution is 2.48. The van der Waals surface area contributed by atoms with Crippen LogP contribution >= 0.6 is 0 Å². The lowest BCUT2D eigenvalue weighted by atomic mass is 9.76. The third-order valence-electron chi connectivity index (χ3n) is 4.82. The summed E-state index contributed by atoms with van der Waals surface area (Å²) in [5, 5.41) is 10.3. The number of esters is 1. The number of carbonyl (C=O) groups excluding carboxylic acids is 2. The van der Waals surface area contributed by atoms with Gasteiger partial charge in [0, 0.05) is 6.42 Å². The monoisotopic (exact) mass is 377 g/mol. The summed E-state index contributed by atoms with van der Waals surface area (Å²) in [5.74, 6) is -1.22. The molecule has 3 atom stereocenters. The maximum Gasteiger partial charge on any atom is 0.360 e. The molecule has 7 heteroatoms. The summed E-state index contributed by atoms with van der Waals surface area (Å²) in [6.07, 6.45) is 0.330. The minimum absolute atomic E-state index is 0.0802. The van der Waals surface area contributed by atoms with Gasteiger partial charge >= 0.3 is 5.97 Å². The van der Waals surface area contributed by atoms with Crippen molar-refractivity contribution in [3.63, 3.8) is 0 Å². The molecule has 1 amide bonds. The molecule has 2 heterocycles. The molecule has 6 nitrogen and oxygen atoms in total. The zero-order chi connectivity index (χ0) is 19.1. The Bertz CT molecular complexity index is 740. The number of hydrogen-bond donors (Lipinski definition) is 1. The van der Waals surface area contributed by atoms with E-state index in [0.29, 0.717) is 17.1 Å². The topological polar surface area (TPSA) is 89.9 Å². The molecule has 0 aliphatic carbocycles. The van der Waals surface area contributed by atoms with Crippen molar-refractivity contribution < 1.29 is 24.0 Å². The smallest absolute Gasteiger partial charge is 0.360 e. The Kier molecular flexibility index (Phi) is 5.14. The molecule has 3 rings (SSSR count). The summed E-state index contributed by atoms with van der Waals surface area (Å²) in [7, 11) is 0. The molecule has 0 aromatic heterocycles. The summed E-state index contributed by atoms with van der Waals surface area (Å²) >= 11 is -1.36. The first-order valence-corrected chi connectivity index (χ1v) is 9.95. The second kappa shape index (κ2) is 7.06. The summed E-state index contributed by atoms with van der Waals surface area (Å²) in [5.41, 5.74) is -0.268. The Morgan fingerprint density at radius 3 is 2.62 bits per heavy atom. The third kappa shape index (κ3) is 3.26. The van der Waals surface area contributed by atoms with E-state index in [-0.39, 0.29) is 24.3 Å². The average molecular weight is 377 g/mol. The van der Waals surface area contributed by atoms with Crippen LogP contribution in [-0.2, 0) is 32.1 Å². The standard InChI is InChI=1S/C19H23NO5S/c1-4-26(24)14-10-13-15(19(2,3)23)17(21)20(13)16(14)18(22)25-11-12-8-6-5-7-9-12/h5-9,13,15,23H,4,10-11H2,1-3H3/t13-,15-,26?/m0/s1. The number of hydrogen-bond acceptors (Lipinski definition) is 5. The molecule has 140 valence electrons. The Labute approximate surface area is 156 Å². The number of rotatable bonds is 6. The third-order valence-corrected chi connectivity index (χ3v) is 6.26. The number of ether oxygens (including phenoxy) is 1. The highest BCUT2D eigenvalue weighted by Gasteiger charge is 2.62. The molecule has 0 bridgehead atoms. The first-order valence-electron chi connectivity index (χ1n) is 8.63. The van der Waals surface area contributed by atoms with Crippen molar-refractivity contribution in [1.29, 1.82) is 0 Å². The van der Waals surface area contributed by atoms with Crippen LogP contribution in [0.4, 0.5) is 0 Å². The average Bonchev–Trinajstić information content (AvgIpc) is 2.93. The lowest BCUT2D eigenvalue weighted by Gasteiger charge is -2.48. The van der Waals surface area contributed by atoms with Crippen molar-refractivity contribution in [2.45, 2.75) is 45.4 Å². The lowest BCUT2D eigenvalue weighted by Crippen LogP contribution is -2.65. The number of nitrogens with zero attached hydrogens (tertiary/aromatic N) is 1. The summed E-state index contributed by atoms with van der Waals surface area (Å²) in [4.78, 5) is 27.0. The van der Waals surface area contributed by atoms with Gasteiger partial charge in [0.05, 0.1) is 17.6 Å². The Morgan fingerprint density at radius 2 is 2.04 bits per heavy atom. The van der Waals surface area contributed by atoms with E-state index in [1.54, 1.807) is 20.8 Å². The molecule has 1 unspecified atom stereocenters. The molecule has 1 aromatic carbocycles. The van der Waals surface area contributed by atoms with E-state index in [4.69, 9.17) is 4.74 Å². The molecular formula is C19H23NO5S. The molecule has 1 aromatic rings. The van der Waals surface area contributed by atoms with Gasteiger partial charge in [-0.2, -0.15) is 0 Å². The van der Waals surface area contributed by atoms with E-state index < -0.39 is 28.7 Å². The van der Waals surface area contributed by atoms with Gasteiger partial charge in [0.2, 0.25) is 5.91 Å². The van der Waals surface area contributed by atoms with Gasteiger partial charge in [-0.15, -0.1) is 0 Å². The summed E-state index contributed by atoms with van der Waals surface area (Å²) in [6.45, 7) is 5.00. The Hall–Kier alpha value is -1.83. The normalized spacial score (nSPS) is 23.6. The first-order chi connectivity index (χ1) is 12.3. The first kappa shape index (κ1) is 18.9. The largest absolute Gasteiger partial charge is 0.612 e. The van der Waals surface area contributed by atoms with E-state index in [1.165, 1.54) is 4.90 Å². The predicted molar refractivity (Wildman–Crippen MR) is 97.0 cm³/mol. The zero-order valence-corrected chi connectivity index (χ0v) is 15.9. The van der Waals surface area contributed by atoms with Crippen molar-refractivity contribution in [2.24, 2.45) is 5.92 Å².